The van der Waals surface area contributed by atoms with Crippen LogP contribution in [0.5, 0.6) is 11.5 Å². The summed E-state index contributed by atoms with van der Waals surface area (Å²) in [7, 11) is 0. The van der Waals surface area contributed by atoms with Crippen LogP contribution < -0.4 is 4.74 Å². The topological polar surface area (TPSA) is 49.7 Å². The molecule has 1 unspecified atom stereocenters. The number of aromatic hydroxyl groups is 1. The Morgan fingerprint density at radius 3 is 2.46 bits per heavy atom. The van der Waals surface area contributed by atoms with Gasteiger partial charge in [-0.25, -0.2) is 0 Å². The minimum absolute atomic E-state index is 0.0335. The van der Waals surface area contributed by atoms with Gasteiger partial charge < -0.3 is 14.9 Å². The molecule has 3 aromatic rings. The van der Waals surface area contributed by atoms with Crippen molar-refractivity contribution in [3.05, 3.63) is 71.3 Å². The Morgan fingerprint density at radius 1 is 0.929 bits per heavy atom. The van der Waals surface area contributed by atoms with E-state index in [1.54, 1.807) is 12.1 Å². The van der Waals surface area contributed by atoms with E-state index >= 15 is 0 Å². The van der Waals surface area contributed by atoms with Crippen molar-refractivity contribution < 1.29 is 14.9 Å². The third-order valence-corrected chi connectivity index (χ3v) is 6.72. The van der Waals surface area contributed by atoms with E-state index < -0.39 is 5.41 Å². The molecule has 0 amide bonds. The molecule has 3 heteroatoms. The van der Waals surface area contributed by atoms with Crippen molar-refractivity contribution in [1.29, 1.82) is 0 Å². The maximum absolute atomic E-state index is 10.5. The van der Waals surface area contributed by atoms with Gasteiger partial charge in [-0.15, -0.1) is 0 Å². The minimum Gasteiger partial charge on any atom is -0.508 e. The number of rotatable bonds is 3. The lowest BCUT2D eigenvalue weighted by molar-refractivity contribution is 0.185. The van der Waals surface area contributed by atoms with E-state index in [9.17, 15) is 10.2 Å². The molecule has 2 N–H and O–H groups in total. The molecule has 0 saturated heterocycles. The summed E-state index contributed by atoms with van der Waals surface area (Å²) in [5.74, 6) is 1.74. The Morgan fingerprint density at radius 2 is 1.71 bits per heavy atom. The summed E-state index contributed by atoms with van der Waals surface area (Å²) in [5, 5.41) is 22.5. The molecule has 0 radical (unpaired) electrons. The highest BCUT2D eigenvalue weighted by Crippen LogP contribution is 2.47. The molecule has 2 aliphatic rings. The first-order chi connectivity index (χ1) is 13.7. The molecule has 1 atom stereocenters. The standard InChI is InChI=1S/C25H26O3/c26-15-25(20-8-10-21(27)11-9-20)16-28-23-13-7-19-14-18(6-12-22(19)24(23)25)17-4-2-1-3-5-17/h6-14,17,26-27H,1-5,15-16H2. The van der Waals surface area contributed by atoms with Crippen molar-refractivity contribution in [2.45, 2.75) is 43.4 Å². The average Bonchev–Trinajstić information content (AvgIpc) is 3.15. The molecule has 1 aliphatic heterocycles. The SMILES string of the molecule is OCC1(c2ccc(O)cc2)COc2ccc3cc(C4CCCCC4)ccc3c21. The van der Waals surface area contributed by atoms with Crippen molar-refractivity contribution in [3.63, 3.8) is 0 Å². The summed E-state index contributed by atoms with van der Waals surface area (Å²) in [5.41, 5.74) is 2.86. The molecule has 0 bridgehead atoms. The van der Waals surface area contributed by atoms with Crippen LogP contribution in [0.25, 0.3) is 10.8 Å². The van der Waals surface area contributed by atoms with Gasteiger partial charge in [0.15, 0.2) is 0 Å². The lowest BCUT2D eigenvalue weighted by atomic mass is 9.74. The quantitative estimate of drug-likeness (QED) is 0.657. The molecule has 1 heterocycles. The normalized spacial score (nSPS) is 22.2. The van der Waals surface area contributed by atoms with Crippen LogP contribution in [0.3, 0.4) is 0 Å². The Hall–Kier alpha value is -2.52. The zero-order valence-corrected chi connectivity index (χ0v) is 16.0. The lowest BCUT2D eigenvalue weighted by Crippen LogP contribution is -2.34. The minimum atomic E-state index is -0.602. The van der Waals surface area contributed by atoms with Crippen molar-refractivity contribution in [2.24, 2.45) is 0 Å². The van der Waals surface area contributed by atoms with E-state index in [-0.39, 0.29) is 12.4 Å². The maximum Gasteiger partial charge on any atom is 0.124 e. The van der Waals surface area contributed by atoms with Crippen molar-refractivity contribution >= 4 is 10.8 Å². The fraction of sp³-hybridized carbons (Fsp3) is 0.360. The Balaban J connectivity index is 1.65. The highest BCUT2D eigenvalue weighted by molar-refractivity contribution is 5.91. The van der Waals surface area contributed by atoms with E-state index in [4.69, 9.17) is 4.74 Å². The summed E-state index contributed by atoms with van der Waals surface area (Å²) >= 11 is 0. The molecular weight excluding hydrogens is 348 g/mol. The van der Waals surface area contributed by atoms with Gasteiger partial charge in [-0.05, 0) is 58.9 Å². The van der Waals surface area contributed by atoms with E-state index in [0.29, 0.717) is 12.5 Å². The van der Waals surface area contributed by atoms with Crippen LogP contribution in [0.1, 0.15) is 54.7 Å². The molecule has 0 spiro atoms. The number of aliphatic hydroxyl groups is 1. The number of fused-ring (bicyclic) bond motifs is 3. The highest BCUT2D eigenvalue weighted by Gasteiger charge is 2.43. The van der Waals surface area contributed by atoms with E-state index in [2.05, 4.69) is 24.3 Å². The highest BCUT2D eigenvalue weighted by atomic mass is 16.5. The van der Waals surface area contributed by atoms with Crippen LogP contribution >= 0.6 is 0 Å². The summed E-state index contributed by atoms with van der Waals surface area (Å²) in [4.78, 5) is 0. The Kier molecular flexibility index (Phi) is 4.28. The van der Waals surface area contributed by atoms with Crippen molar-refractivity contribution in [3.8, 4) is 11.5 Å². The van der Waals surface area contributed by atoms with Gasteiger partial charge in [0.25, 0.3) is 0 Å². The van der Waals surface area contributed by atoms with Gasteiger partial charge in [0, 0.05) is 5.56 Å². The van der Waals surface area contributed by atoms with E-state index in [1.165, 1.54) is 43.1 Å². The summed E-state index contributed by atoms with van der Waals surface area (Å²) in [6.07, 6.45) is 6.59. The van der Waals surface area contributed by atoms with Gasteiger partial charge in [-0.2, -0.15) is 0 Å². The number of hydrogen-bond acceptors (Lipinski definition) is 3. The van der Waals surface area contributed by atoms with E-state index in [1.807, 2.05) is 18.2 Å². The van der Waals surface area contributed by atoms with Gasteiger partial charge in [-0.3, -0.25) is 0 Å². The third-order valence-electron chi connectivity index (χ3n) is 6.72. The van der Waals surface area contributed by atoms with Crippen LogP contribution in [0.2, 0.25) is 0 Å². The van der Waals surface area contributed by atoms with Gasteiger partial charge in [-0.1, -0.05) is 55.7 Å². The summed E-state index contributed by atoms with van der Waals surface area (Å²) < 4.78 is 6.02. The number of phenolic OH excluding ortho intramolecular Hbond substituents is 1. The number of aliphatic hydroxyl groups excluding tert-OH is 1. The molecule has 5 rings (SSSR count). The van der Waals surface area contributed by atoms with E-state index in [0.717, 1.165) is 22.3 Å². The molecule has 28 heavy (non-hydrogen) atoms. The van der Waals surface area contributed by atoms with Crippen LogP contribution in [0.15, 0.2) is 54.6 Å². The molecule has 144 valence electrons. The molecule has 1 saturated carbocycles. The van der Waals surface area contributed by atoms with Crippen LogP contribution in [0, 0.1) is 0 Å². The van der Waals surface area contributed by atoms with Gasteiger partial charge in [0.2, 0.25) is 0 Å². The largest absolute Gasteiger partial charge is 0.508 e. The molecule has 1 aliphatic carbocycles. The molecule has 3 aromatic carbocycles. The predicted octanol–water partition coefficient (Wildman–Crippen LogP) is 5.26. The second kappa shape index (κ2) is 6.82. The Labute approximate surface area is 165 Å². The first kappa shape index (κ1) is 17.6. The monoisotopic (exact) mass is 374 g/mol. The fourth-order valence-corrected chi connectivity index (χ4v) is 5.13. The van der Waals surface area contributed by atoms with Gasteiger partial charge >= 0.3 is 0 Å². The fourth-order valence-electron chi connectivity index (χ4n) is 5.13. The Bertz CT molecular complexity index is 1000. The first-order valence-electron chi connectivity index (χ1n) is 10.3. The van der Waals surface area contributed by atoms with Crippen molar-refractivity contribution in [1.82, 2.24) is 0 Å². The van der Waals surface area contributed by atoms with Gasteiger partial charge in [0.1, 0.15) is 18.1 Å². The number of hydrogen-bond donors (Lipinski definition) is 2. The van der Waals surface area contributed by atoms with Gasteiger partial charge in [0.05, 0.1) is 12.0 Å². The van der Waals surface area contributed by atoms with Crippen LogP contribution in [0.4, 0.5) is 0 Å². The summed E-state index contributed by atoms with van der Waals surface area (Å²) in [6, 6.07) is 18.1. The molecule has 1 fully saturated rings. The average molecular weight is 374 g/mol. The van der Waals surface area contributed by atoms with Crippen LogP contribution in [-0.2, 0) is 5.41 Å². The number of benzene rings is 3. The van der Waals surface area contributed by atoms with Crippen molar-refractivity contribution in [2.75, 3.05) is 13.2 Å². The first-order valence-corrected chi connectivity index (χ1v) is 10.3. The third kappa shape index (κ3) is 2.68. The summed E-state index contributed by atoms with van der Waals surface area (Å²) in [6.45, 7) is 0.376. The maximum atomic E-state index is 10.5. The number of ether oxygens (including phenoxy) is 1. The molecule has 3 nitrogen and oxygen atoms in total. The smallest absolute Gasteiger partial charge is 0.124 e. The predicted molar refractivity (Wildman–Crippen MR) is 111 cm³/mol. The zero-order valence-electron chi connectivity index (χ0n) is 16.0. The number of phenols is 1. The second-order valence-corrected chi connectivity index (χ2v) is 8.33. The molecule has 0 aromatic heterocycles. The molecular formula is C25H26O3. The van der Waals surface area contributed by atoms with Crippen LogP contribution in [-0.4, -0.2) is 23.4 Å². The lowest BCUT2D eigenvalue weighted by Gasteiger charge is -2.28. The zero-order chi connectivity index (χ0) is 19.1. The second-order valence-electron chi connectivity index (χ2n) is 8.33.